The zero-order valence-corrected chi connectivity index (χ0v) is 10.4. The van der Waals surface area contributed by atoms with Gasteiger partial charge < -0.3 is 0 Å². The van der Waals surface area contributed by atoms with Gasteiger partial charge in [0, 0.05) is 0 Å². The van der Waals surface area contributed by atoms with Crippen LogP contribution in [-0.4, -0.2) is 0 Å². The van der Waals surface area contributed by atoms with Crippen LogP contribution in [0.4, 0.5) is 0 Å². The summed E-state index contributed by atoms with van der Waals surface area (Å²) in [6.07, 6.45) is 10.8. The summed E-state index contributed by atoms with van der Waals surface area (Å²) in [7, 11) is 0. The molecule has 82 valence electrons. The molecular weight excluding hydrogens is 168 g/mol. The van der Waals surface area contributed by atoms with Gasteiger partial charge >= 0.3 is 0 Å². The first-order chi connectivity index (χ1) is 6.48. The maximum absolute atomic E-state index is 3.97. The third-order valence-corrected chi connectivity index (χ3v) is 2.34. The quantitative estimate of drug-likeness (QED) is 0.390. The van der Waals surface area contributed by atoms with Crippen LogP contribution in [-0.2, 0) is 0 Å². The Labute approximate surface area is 90.1 Å². The van der Waals surface area contributed by atoms with Gasteiger partial charge in [0.15, 0.2) is 0 Å². The van der Waals surface area contributed by atoms with Gasteiger partial charge in [-0.25, -0.2) is 0 Å². The Balaban J connectivity index is 3.74. The lowest BCUT2D eigenvalue weighted by molar-refractivity contribution is 0.368. The second-order valence-electron chi connectivity index (χ2n) is 5.12. The standard InChI is InChI=1S/C14H26/c1-6-7-8-9-10-11-14(4,5)12-13(2)3/h9-10H,2,6-8,11-12H2,1,3-5H3. The van der Waals surface area contributed by atoms with Gasteiger partial charge in [-0.3, -0.25) is 0 Å². The topological polar surface area (TPSA) is 0 Å². The largest absolute Gasteiger partial charge is 0.100 e. The van der Waals surface area contributed by atoms with Crippen molar-refractivity contribution in [3.8, 4) is 0 Å². The van der Waals surface area contributed by atoms with Crippen molar-refractivity contribution in [2.24, 2.45) is 5.41 Å². The summed E-state index contributed by atoms with van der Waals surface area (Å²) in [6, 6.07) is 0. The summed E-state index contributed by atoms with van der Waals surface area (Å²) in [5.74, 6) is 0. The van der Waals surface area contributed by atoms with Crippen LogP contribution in [0.3, 0.4) is 0 Å². The lowest BCUT2D eigenvalue weighted by Crippen LogP contribution is -2.09. The summed E-state index contributed by atoms with van der Waals surface area (Å²) in [6.45, 7) is 12.9. The highest BCUT2D eigenvalue weighted by atomic mass is 14.2. The van der Waals surface area contributed by atoms with E-state index in [0.717, 1.165) is 6.42 Å². The average molecular weight is 194 g/mol. The fourth-order valence-corrected chi connectivity index (χ4v) is 1.73. The van der Waals surface area contributed by atoms with Crippen LogP contribution in [0, 0.1) is 5.41 Å². The second kappa shape index (κ2) is 6.86. The van der Waals surface area contributed by atoms with Gasteiger partial charge in [0.05, 0.1) is 0 Å². The molecule has 0 amide bonds. The SMILES string of the molecule is C=C(C)CC(C)(C)CC=CCCCC. The molecule has 0 spiro atoms. The van der Waals surface area contributed by atoms with E-state index in [1.807, 2.05) is 0 Å². The van der Waals surface area contributed by atoms with E-state index in [1.54, 1.807) is 0 Å². The van der Waals surface area contributed by atoms with Crippen molar-refractivity contribution in [2.45, 2.75) is 59.8 Å². The van der Waals surface area contributed by atoms with Gasteiger partial charge in [-0.05, 0) is 31.6 Å². The van der Waals surface area contributed by atoms with Gasteiger partial charge in [0.2, 0.25) is 0 Å². The molecule has 0 aromatic heterocycles. The first-order valence-corrected chi connectivity index (χ1v) is 5.77. The molecule has 0 saturated carbocycles. The maximum Gasteiger partial charge on any atom is -0.0271 e. The van der Waals surface area contributed by atoms with E-state index in [-0.39, 0.29) is 0 Å². The third kappa shape index (κ3) is 8.10. The van der Waals surface area contributed by atoms with E-state index < -0.39 is 0 Å². The molecule has 0 N–H and O–H groups in total. The molecular formula is C14H26. The summed E-state index contributed by atoms with van der Waals surface area (Å²) >= 11 is 0. The van der Waals surface area contributed by atoms with Crippen LogP contribution in [0.25, 0.3) is 0 Å². The fraction of sp³-hybridized carbons (Fsp3) is 0.714. The Kier molecular flexibility index (Phi) is 6.61. The molecule has 0 nitrogen and oxygen atoms in total. The minimum Gasteiger partial charge on any atom is -0.100 e. The van der Waals surface area contributed by atoms with Gasteiger partial charge in [-0.2, -0.15) is 0 Å². The molecule has 0 aliphatic rings. The average Bonchev–Trinajstić information content (AvgIpc) is 2.01. The molecule has 0 heteroatoms. The van der Waals surface area contributed by atoms with E-state index in [2.05, 4.69) is 46.4 Å². The fourth-order valence-electron chi connectivity index (χ4n) is 1.73. The van der Waals surface area contributed by atoms with E-state index >= 15 is 0 Å². The van der Waals surface area contributed by atoms with Crippen molar-refractivity contribution >= 4 is 0 Å². The number of hydrogen-bond donors (Lipinski definition) is 0. The Hall–Kier alpha value is -0.520. The summed E-state index contributed by atoms with van der Waals surface area (Å²) in [5.41, 5.74) is 1.67. The zero-order chi connectivity index (χ0) is 11.0. The first kappa shape index (κ1) is 13.5. The first-order valence-electron chi connectivity index (χ1n) is 5.77. The molecule has 0 bridgehead atoms. The summed E-state index contributed by atoms with van der Waals surface area (Å²) in [5, 5.41) is 0. The van der Waals surface area contributed by atoms with E-state index in [9.17, 15) is 0 Å². The molecule has 14 heavy (non-hydrogen) atoms. The molecule has 0 saturated heterocycles. The Morgan fingerprint density at radius 1 is 1.29 bits per heavy atom. The van der Waals surface area contributed by atoms with Crippen LogP contribution in [0.1, 0.15) is 59.8 Å². The smallest absolute Gasteiger partial charge is 0.0271 e. The van der Waals surface area contributed by atoms with Crippen LogP contribution in [0.5, 0.6) is 0 Å². The van der Waals surface area contributed by atoms with Gasteiger partial charge in [0.1, 0.15) is 0 Å². The second-order valence-corrected chi connectivity index (χ2v) is 5.12. The Bertz CT molecular complexity index is 184. The Morgan fingerprint density at radius 2 is 1.93 bits per heavy atom. The molecule has 0 radical (unpaired) electrons. The van der Waals surface area contributed by atoms with E-state index in [1.165, 1.54) is 31.3 Å². The number of allylic oxidation sites excluding steroid dienone is 3. The van der Waals surface area contributed by atoms with E-state index in [4.69, 9.17) is 0 Å². The minimum atomic E-state index is 0.383. The molecule has 0 fully saturated rings. The highest BCUT2D eigenvalue weighted by Gasteiger charge is 2.15. The zero-order valence-electron chi connectivity index (χ0n) is 10.4. The summed E-state index contributed by atoms with van der Waals surface area (Å²) in [4.78, 5) is 0. The van der Waals surface area contributed by atoms with Gasteiger partial charge in [-0.15, -0.1) is 6.58 Å². The molecule has 0 heterocycles. The third-order valence-electron chi connectivity index (χ3n) is 2.34. The van der Waals surface area contributed by atoms with Crippen molar-refractivity contribution in [3.63, 3.8) is 0 Å². The van der Waals surface area contributed by atoms with E-state index in [0.29, 0.717) is 5.41 Å². The van der Waals surface area contributed by atoms with Crippen molar-refractivity contribution in [2.75, 3.05) is 0 Å². The predicted octanol–water partition coefficient (Wildman–Crippen LogP) is 5.12. The monoisotopic (exact) mass is 194 g/mol. The molecule has 0 aliphatic carbocycles. The van der Waals surface area contributed by atoms with Gasteiger partial charge in [0.25, 0.3) is 0 Å². The number of unbranched alkanes of at least 4 members (excludes halogenated alkanes) is 2. The van der Waals surface area contributed by atoms with Gasteiger partial charge in [-0.1, -0.05) is 51.3 Å². The number of hydrogen-bond acceptors (Lipinski definition) is 0. The molecule has 0 aromatic carbocycles. The van der Waals surface area contributed by atoms with Crippen molar-refractivity contribution in [1.29, 1.82) is 0 Å². The molecule has 0 unspecified atom stereocenters. The lowest BCUT2D eigenvalue weighted by Gasteiger charge is -2.22. The van der Waals surface area contributed by atoms with Crippen molar-refractivity contribution in [3.05, 3.63) is 24.3 Å². The maximum atomic E-state index is 3.97. The Morgan fingerprint density at radius 3 is 2.43 bits per heavy atom. The lowest BCUT2D eigenvalue weighted by atomic mass is 9.83. The van der Waals surface area contributed by atoms with Crippen LogP contribution in [0.2, 0.25) is 0 Å². The van der Waals surface area contributed by atoms with Crippen molar-refractivity contribution in [1.82, 2.24) is 0 Å². The van der Waals surface area contributed by atoms with Crippen LogP contribution < -0.4 is 0 Å². The summed E-state index contributed by atoms with van der Waals surface area (Å²) < 4.78 is 0. The number of rotatable bonds is 7. The highest BCUT2D eigenvalue weighted by molar-refractivity contribution is 4.97. The molecule has 0 aliphatic heterocycles. The molecule has 0 atom stereocenters. The minimum absolute atomic E-state index is 0.383. The highest BCUT2D eigenvalue weighted by Crippen LogP contribution is 2.28. The molecule has 0 aromatic rings. The molecule has 0 rings (SSSR count). The predicted molar refractivity (Wildman–Crippen MR) is 66.5 cm³/mol. The van der Waals surface area contributed by atoms with Crippen LogP contribution >= 0.6 is 0 Å². The van der Waals surface area contributed by atoms with Crippen molar-refractivity contribution < 1.29 is 0 Å². The normalized spacial score (nSPS) is 12.3. The van der Waals surface area contributed by atoms with Crippen LogP contribution in [0.15, 0.2) is 24.3 Å².